The van der Waals surface area contributed by atoms with Gasteiger partial charge in [-0.1, -0.05) is 29.8 Å². The van der Waals surface area contributed by atoms with Gasteiger partial charge in [0.1, 0.15) is 5.75 Å². The highest BCUT2D eigenvalue weighted by Gasteiger charge is 2.37. The van der Waals surface area contributed by atoms with E-state index in [1.54, 1.807) is 32.6 Å². The molecular weight excluding hydrogens is 524 g/mol. The molecule has 0 spiro atoms. The zero-order valence-electron chi connectivity index (χ0n) is 21.2. The Hall–Kier alpha value is -3.46. The first-order valence-electron chi connectivity index (χ1n) is 12.3. The van der Waals surface area contributed by atoms with Crippen LogP contribution in [0.4, 0.5) is 5.69 Å². The van der Waals surface area contributed by atoms with Gasteiger partial charge >= 0.3 is 0 Å². The highest BCUT2D eigenvalue weighted by molar-refractivity contribution is 7.95. The number of likely N-dealkylation sites (N-methyl/N-ethyl adjacent to an activating group) is 1. The third-order valence-electron chi connectivity index (χ3n) is 7.41. The maximum Gasteiger partial charge on any atom is 0.203 e. The lowest BCUT2D eigenvalue weighted by Crippen LogP contribution is -2.30. The molecule has 1 aromatic heterocycles. The molecule has 0 radical (unpaired) electrons. The second-order valence-corrected chi connectivity index (χ2v) is 11.8. The Labute approximate surface area is 226 Å². The lowest BCUT2D eigenvalue weighted by Gasteiger charge is -2.32. The summed E-state index contributed by atoms with van der Waals surface area (Å²) >= 11 is 6.17. The number of nitrogens with zero attached hydrogens (tertiary/aromatic N) is 1. The molecule has 0 fully saturated rings. The Bertz CT molecular complexity index is 1710. The molecule has 38 heavy (non-hydrogen) atoms. The van der Waals surface area contributed by atoms with Crippen LogP contribution in [0.2, 0.25) is 5.02 Å². The number of halogens is 1. The van der Waals surface area contributed by atoms with E-state index in [0.717, 1.165) is 40.6 Å². The largest absolute Gasteiger partial charge is 0.496 e. The first-order chi connectivity index (χ1) is 18.3. The van der Waals surface area contributed by atoms with Crippen molar-refractivity contribution in [3.8, 4) is 11.5 Å². The summed E-state index contributed by atoms with van der Waals surface area (Å²) < 4.78 is 44.5. The molecule has 0 saturated heterocycles. The van der Waals surface area contributed by atoms with Crippen LogP contribution in [0.1, 0.15) is 28.3 Å². The molecule has 3 heterocycles. The van der Waals surface area contributed by atoms with Gasteiger partial charge in [0.05, 0.1) is 42.0 Å². The fourth-order valence-electron chi connectivity index (χ4n) is 5.60. The summed E-state index contributed by atoms with van der Waals surface area (Å²) in [4.78, 5) is 2.49. The molecule has 3 aromatic carbocycles. The summed E-state index contributed by atoms with van der Waals surface area (Å²) in [6.07, 6.45) is 3.18. The summed E-state index contributed by atoms with van der Waals surface area (Å²) in [5.41, 5.74) is 5.36. The van der Waals surface area contributed by atoms with Crippen molar-refractivity contribution in [2.45, 2.75) is 23.8 Å². The van der Waals surface area contributed by atoms with Gasteiger partial charge in [-0.25, -0.2) is 8.42 Å². The number of hydrogen-bond donors (Lipinski definition) is 1. The lowest BCUT2D eigenvalue weighted by molar-refractivity contribution is 0.241. The van der Waals surface area contributed by atoms with Gasteiger partial charge in [-0.05, 0) is 66.9 Å². The fraction of sp³-hybridized carbons (Fsp3) is 0.241. The third-order valence-corrected chi connectivity index (χ3v) is 9.20. The number of rotatable bonds is 5. The standard InChI is InChI=1S/C29H27ClN2O5S/c1-32-12-11-18-15-37-28-25(36-3)9-7-17(26(18)28)13-23(32)21-8-10-24(35-2)27-22(16-38(33,34)29(21)27)31-20-6-4-5-19(30)14-20/h4-10,14-16,23,31H,11-13H2,1-3H3. The molecule has 7 nitrogen and oxygen atoms in total. The van der Waals surface area contributed by atoms with Crippen molar-refractivity contribution in [3.63, 3.8) is 0 Å². The van der Waals surface area contributed by atoms with Gasteiger partial charge in [0.25, 0.3) is 0 Å². The van der Waals surface area contributed by atoms with E-state index in [9.17, 15) is 8.42 Å². The summed E-state index contributed by atoms with van der Waals surface area (Å²) in [6.45, 7) is 0.734. The smallest absolute Gasteiger partial charge is 0.203 e. The molecule has 6 rings (SSSR count). The first-order valence-corrected chi connectivity index (χ1v) is 14.2. The van der Waals surface area contributed by atoms with Crippen LogP contribution in [0.3, 0.4) is 0 Å². The number of ether oxygens (including phenoxy) is 2. The van der Waals surface area contributed by atoms with Gasteiger partial charge < -0.3 is 19.2 Å². The first kappa shape index (κ1) is 24.9. The molecule has 0 saturated carbocycles. The second kappa shape index (κ2) is 9.38. The number of methoxy groups -OCH3 is 2. The van der Waals surface area contributed by atoms with Crippen LogP contribution >= 0.6 is 11.6 Å². The number of hydrogen-bond acceptors (Lipinski definition) is 7. The number of nitrogens with one attached hydrogen (secondary N) is 1. The Balaban J connectivity index is 1.49. The lowest BCUT2D eigenvalue weighted by atomic mass is 9.90. The van der Waals surface area contributed by atoms with Gasteiger partial charge in [-0.15, -0.1) is 0 Å². The maximum atomic E-state index is 13.7. The minimum atomic E-state index is -3.76. The average Bonchev–Trinajstić information content (AvgIpc) is 3.43. The van der Waals surface area contributed by atoms with Crippen molar-refractivity contribution < 1.29 is 22.3 Å². The quantitative estimate of drug-likeness (QED) is 0.323. The van der Waals surface area contributed by atoms with Gasteiger partial charge in [0.2, 0.25) is 9.84 Å². The Morgan fingerprint density at radius 2 is 1.84 bits per heavy atom. The Kier molecular flexibility index (Phi) is 6.13. The van der Waals surface area contributed by atoms with E-state index in [2.05, 4.69) is 16.3 Å². The minimum absolute atomic E-state index is 0.192. The van der Waals surface area contributed by atoms with Gasteiger partial charge in [0.15, 0.2) is 11.3 Å². The summed E-state index contributed by atoms with van der Waals surface area (Å²) in [5, 5.41) is 6.14. The highest BCUT2D eigenvalue weighted by Crippen LogP contribution is 2.46. The van der Waals surface area contributed by atoms with E-state index in [1.165, 1.54) is 5.41 Å². The van der Waals surface area contributed by atoms with Crippen LogP contribution in [0.5, 0.6) is 11.5 Å². The van der Waals surface area contributed by atoms with Gasteiger partial charge in [-0.3, -0.25) is 4.90 Å². The van der Waals surface area contributed by atoms with E-state index in [-0.39, 0.29) is 10.9 Å². The average molecular weight is 551 g/mol. The zero-order valence-corrected chi connectivity index (χ0v) is 22.8. The molecule has 1 unspecified atom stereocenters. The molecule has 0 bridgehead atoms. The van der Waals surface area contributed by atoms with Gasteiger partial charge in [-0.2, -0.15) is 0 Å². The maximum absolute atomic E-state index is 13.7. The molecule has 4 aromatic rings. The van der Waals surface area contributed by atoms with Crippen molar-refractivity contribution in [3.05, 3.63) is 87.5 Å². The molecule has 2 aliphatic heterocycles. The SMILES string of the molecule is COc1ccc(C2Cc3ccc(OC)c4occ(c34)CCN2C)c2c1C(Nc1cccc(Cl)c1)=CS2(=O)=O. The predicted octanol–water partition coefficient (Wildman–Crippen LogP) is 6.07. The van der Waals surface area contributed by atoms with E-state index < -0.39 is 9.84 Å². The monoisotopic (exact) mass is 550 g/mol. The van der Waals surface area contributed by atoms with Crippen LogP contribution in [-0.2, 0) is 22.7 Å². The molecular formula is C29H27ClN2O5S. The third kappa shape index (κ3) is 4.04. The van der Waals surface area contributed by atoms with Crippen molar-refractivity contribution in [1.29, 1.82) is 0 Å². The van der Waals surface area contributed by atoms with E-state index in [1.807, 2.05) is 37.4 Å². The Morgan fingerprint density at radius 3 is 2.61 bits per heavy atom. The number of anilines is 1. The molecule has 2 aliphatic rings. The van der Waals surface area contributed by atoms with Crippen LogP contribution < -0.4 is 14.8 Å². The van der Waals surface area contributed by atoms with E-state index in [0.29, 0.717) is 39.9 Å². The van der Waals surface area contributed by atoms with Crippen molar-refractivity contribution >= 4 is 43.8 Å². The molecule has 196 valence electrons. The topological polar surface area (TPSA) is 81.0 Å². The van der Waals surface area contributed by atoms with Crippen molar-refractivity contribution in [2.24, 2.45) is 0 Å². The van der Waals surface area contributed by atoms with E-state index >= 15 is 0 Å². The molecule has 1 N–H and O–H groups in total. The summed E-state index contributed by atoms with van der Waals surface area (Å²) in [6, 6.07) is 14.7. The highest BCUT2D eigenvalue weighted by atomic mass is 35.5. The summed E-state index contributed by atoms with van der Waals surface area (Å²) in [7, 11) is 1.46. The van der Waals surface area contributed by atoms with Crippen molar-refractivity contribution in [1.82, 2.24) is 4.90 Å². The minimum Gasteiger partial charge on any atom is -0.496 e. The summed E-state index contributed by atoms with van der Waals surface area (Å²) in [5.74, 6) is 1.18. The molecule has 1 atom stereocenters. The van der Waals surface area contributed by atoms with Crippen molar-refractivity contribution in [2.75, 3.05) is 33.1 Å². The van der Waals surface area contributed by atoms with Crippen LogP contribution in [-0.4, -0.2) is 41.1 Å². The fourth-order valence-corrected chi connectivity index (χ4v) is 7.43. The van der Waals surface area contributed by atoms with Crippen LogP contribution in [0, 0.1) is 0 Å². The molecule has 9 heteroatoms. The number of sulfone groups is 1. The number of benzene rings is 3. The Morgan fingerprint density at radius 1 is 1.05 bits per heavy atom. The van der Waals surface area contributed by atoms with E-state index in [4.69, 9.17) is 25.5 Å². The zero-order chi connectivity index (χ0) is 26.6. The number of furan rings is 1. The second-order valence-electron chi connectivity index (χ2n) is 9.62. The molecule has 0 aliphatic carbocycles. The normalized spacial score (nSPS) is 18.4. The predicted molar refractivity (Wildman–Crippen MR) is 149 cm³/mol. The molecule has 0 amide bonds. The number of fused-ring (bicyclic) bond motifs is 1. The van der Waals surface area contributed by atoms with Crippen LogP contribution in [0.25, 0.3) is 16.7 Å². The van der Waals surface area contributed by atoms with Gasteiger partial charge in [0, 0.05) is 28.7 Å². The van der Waals surface area contributed by atoms with Crippen LogP contribution in [0.15, 0.2) is 69.5 Å².